The lowest BCUT2D eigenvalue weighted by Gasteiger charge is -2.14. The normalized spacial score (nSPS) is 12.0. The van der Waals surface area contributed by atoms with E-state index >= 15 is 0 Å². The molecule has 7 heteroatoms. The molecule has 1 atom stereocenters. The van der Waals surface area contributed by atoms with Gasteiger partial charge in [-0.05, 0) is 11.4 Å². The molecule has 2 aromatic carbocycles. The monoisotopic (exact) mass is 419 g/mol. The lowest BCUT2D eigenvalue weighted by molar-refractivity contribution is 0.0187. The Morgan fingerprint density at radius 2 is 1.60 bits per heavy atom. The Bertz CT molecular complexity index is 1130. The number of ether oxygens (including phenoxy) is 1. The molecule has 1 N–H and O–H groups in total. The highest BCUT2D eigenvalue weighted by atomic mass is 32.1. The summed E-state index contributed by atoms with van der Waals surface area (Å²) in [6.45, 7) is 0.538. The summed E-state index contributed by atoms with van der Waals surface area (Å²) in [5, 5.41) is 16.9. The van der Waals surface area contributed by atoms with Crippen LogP contribution in [-0.2, 0) is 17.9 Å². The standard InChI is InChI=1S/C23H21N3O3S/c27-19(15-29-16-20-12-7-13-30-20)14-26-23(28)24-21(17-8-3-1-4-9-17)22(25-26)18-10-5-2-6-11-18/h1-13,19,27H,14-16H2. The van der Waals surface area contributed by atoms with Crippen molar-refractivity contribution in [1.82, 2.24) is 14.8 Å². The maximum atomic E-state index is 12.6. The van der Waals surface area contributed by atoms with Gasteiger partial charge < -0.3 is 9.84 Å². The van der Waals surface area contributed by atoms with Gasteiger partial charge in [-0.1, -0.05) is 66.7 Å². The number of benzene rings is 2. The Kier molecular flexibility index (Phi) is 6.44. The number of nitrogens with zero attached hydrogens (tertiary/aromatic N) is 3. The van der Waals surface area contributed by atoms with Gasteiger partial charge in [0.2, 0.25) is 0 Å². The molecule has 0 aliphatic rings. The molecular weight excluding hydrogens is 398 g/mol. The van der Waals surface area contributed by atoms with Crippen LogP contribution >= 0.6 is 11.3 Å². The van der Waals surface area contributed by atoms with Crippen LogP contribution in [0, 0.1) is 0 Å². The fourth-order valence-corrected chi connectivity index (χ4v) is 3.71. The van der Waals surface area contributed by atoms with Crippen molar-refractivity contribution in [3.63, 3.8) is 0 Å². The molecule has 152 valence electrons. The van der Waals surface area contributed by atoms with Crippen molar-refractivity contribution in [1.29, 1.82) is 0 Å². The molecule has 2 heterocycles. The first-order valence-electron chi connectivity index (χ1n) is 9.59. The van der Waals surface area contributed by atoms with Gasteiger partial charge in [0, 0.05) is 16.0 Å². The van der Waals surface area contributed by atoms with Crippen LogP contribution in [0.5, 0.6) is 0 Å². The second kappa shape index (κ2) is 9.58. The molecule has 0 fully saturated rings. The molecule has 0 aliphatic heterocycles. The number of aromatic nitrogens is 3. The number of rotatable bonds is 8. The first kappa shape index (κ1) is 20.2. The summed E-state index contributed by atoms with van der Waals surface area (Å²) in [6.07, 6.45) is -0.872. The molecule has 0 saturated heterocycles. The van der Waals surface area contributed by atoms with Gasteiger partial charge in [-0.2, -0.15) is 10.1 Å². The van der Waals surface area contributed by atoms with Gasteiger partial charge in [0.15, 0.2) is 0 Å². The van der Waals surface area contributed by atoms with E-state index in [0.29, 0.717) is 18.0 Å². The summed E-state index contributed by atoms with van der Waals surface area (Å²) >= 11 is 1.60. The maximum Gasteiger partial charge on any atom is 0.364 e. The zero-order valence-electron chi connectivity index (χ0n) is 16.2. The number of hydrogen-bond donors (Lipinski definition) is 1. The summed E-state index contributed by atoms with van der Waals surface area (Å²) < 4.78 is 6.76. The van der Waals surface area contributed by atoms with E-state index in [1.807, 2.05) is 78.2 Å². The van der Waals surface area contributed by atoms with Crippen molar-refractivity contribution in [2.75, 3.05) is 6.61 Å². The highest BCUT2D eigenvalue weighted by Gasteiger charge is 2.16. The Labute approximate surface area is 178 Å². The second-order valence-electron chi connectivity index (χ2n) is 6.75. The van der Waals surface area contributed by atoms with Gasteiger partial charge >= 0.3 is 5.69 Å². The number of hydrogen-bond acceptors (Lipinski definition) is 6. The Morgan fingerprint density at radius 1 is 0.933 bits per heavy atom. The van der Waals surface area contributed by atoms with Gasteiger partial charge in [-0.25, -0.2) is 9.48 Å². The Balaban J connectivity index is 1.58. The molecule has 0 saturated carbocycles. The van der Waals surface area contributed by atoms with Gasteiger partial charge in [0.25, 0.3) is 0 Å². The lowest BCUT2D eigenvalue weighted by Crippen LogP contribution is -2.33. The van der Waals surface area contributed by atoms with Gasteiger partial charge in [-0.15, -0.1) is 11.3 Å². The molecule has 4 aromatic rings. The van der Waals surface area contributed by atoms with E-state index in [9.17, 15) is 9.90 Å². The van der Waals surface area contributed by atoms with Crippen LogP contribution in [-0.4, -0.2) is 32.6 Å². The van der Waals surface area contributed by atoms with E-state index in [1.165, 1.54) is 4.68 Å². The zero-order valence-corrected chi connectivity index (χ0v) is 17.0. The molecule has 0 aliphatic carbocycles. The van der Waals surface area contributed by atoms with Crippen molar-refractivity contribution in [2.45, 2.75) is 19.3 Å². The first-order valence-corrected chi connectivity index (χ1v) is 10.5. The predicted octanol–water partition coefficient (Wildman–Crippen LogP) is 3.61. The minimum Gasteiger partial charge on any atom is -0.389 e. The van der Waals surface area contributed by atoms with E-state index in [0.717, 1.165) is 16.0 Å². The summed E-state index contributed by atoms with van der Waals surface area (Å²) in [4.78, 5) is 18.0. The third kappa shape index (κ3) is 4.88. The molecule has 2 aromatic heterocycles. The van der Waals surface area contributed by atoms with Crippen molar-refractivity contribution in [2.24, 2.45) is 0 Å². The Hall–Kier alpha value is -3.13. The molecule has 0 amide bonds. The van der Waals surface area contributed by atoms with Crippen molar-refractivity contribution in [3.8, 4) is 22.5 Å². The third-order valence-corrected chi connectivity index (χ3v) is 5.34. The number of thiophene rings is 1. The van der Waals surface area contributed by atoms with Crippen LogP contribution in [0.3, 0.4) is 0 Å². The average Bonchev–Trinajstić information content (AvgIpc) is 3.30. The molecule has 30 heavy (non-hydrogen) atoms. The number of aliphatic hydroxyl groups excluding tert-OH is 1. The second-order valence-corrected chi connectivity index (χ2v) is 7.79. The SMILES string of the molecule is O=c1nc(-c2ccccc2)c(-c2ccccc2)nn1CC(O)COCc1cccs1. The topological polar surface area (TPSA) is 77.2 Å². The highest BCUT2D eigenvalue weighted by Crippen LogP contribution is 2.27. The number of aliphatic hydroxyl groups is 1. The minimum absolute atomic E-state index is 0.00514. The molecular formula is C23H21N3O3S. The molecule has 4 rings (SSSR count). The van der Waals surface area contributed by atoms with Crippen LogP contribution in [0.25, 0.3) is 22.5 Å². The van der Waals surface area contributed by atoms with E-state index in [2.05, 4.69) is 10.1 Å². The van der Waals surface area contributed by atoms with Gasteiger partial charge in [0.05, 0.1) is 25.9 Å². The van der Waals surface area contributed by atoms with Crippen LogP contribution in [0.4, 0.5) is 0 Å². The van der Waals surface area contributed by atoms with E-state index in [4.69, 9.17) is 4.74 Å². The molecule has 1 unspecified atom stereocenters. The summed E-state index contributed by atoms with van der Waals surface area (Å²) in [6, 6.07) is 23.0. The van der Waals surface area contributed by atoms with E-state index < -0.39 is 11.8 Å². The highest BCUT2D eigenvalue weighted by molar-refractivity contribution is 7.09. The lowest BCUT2D eigenvalue weighted by atomic mass is 10.0. The smallest absolute Gasteiger partial charge is 0.364 e. The van der Waals surface area contributed by atoms with Crippen LogP contribution in [0.2, 0.25) is 0 Å². The van der Waals surface area contributed by atoms with Gasteiger partial charge in [0.1, 0.15) is 11.4 Å². The Morgan fingerprint density at radius 3 is 2.23 bits per heavy atom. The van der Waals surface area contributed by atoms with Crippen molar-refractivity contribution in [3.05, 3.63) is 93.5 Å². The zero-order chi connectivity index (χ0) is 20.8. The van der Waals surface area contributed by atoms with Crippen LogP contribution in [0.1, 0.15) is 4.88 Å². The van der Waals surface area contributed by atoms with Gasteiger partial charge in [-0.3, -0.25) is 0 Å². The quantitative estimate of drug-likeness (QED) is 0.472. The fraction of sp³-hybridized carbons (Fsp3) is 0.174. The van der Waals surface area contributed by atoms with Crippen molar-refractivity contribution >= 4 is 11.3 Å². The molecule has 0 radical (unpaired) electrons. The molecule has 0 spiro atoms. The van der Waals surface area contributed by atoms with Crippen molar-refractivity contribution < 1.29 is 9.84 Å². The van der Waals surface area contributed by atoms with E-state index in [1.54, 1.807) is 11.3 Å². The van der Waals surface area contributed by atoms with Crippen LogP contribution < -0.4 is 5.69 Å². The summed E-state index contributed by atoms with van der Waals surface area (Å²) in [7, 11) is 0. The molecule has 0 bridgehead atoms. The fourth-order valence-electron chi connectivity index (χ4n) is 3.07. The molecule has 6 nitrogen and oxygen atoms in total. The summed E-state index contributed by atoms with van der Waals surface area (Å²) in [5.74, 6) is 0. The average molecular weight is 420 g/mol. The summed E-state index contributed by atoms with van der Waals surface area (Å²) in [5.41, 5.74) is 2.26. The minimum atomic E-state index is -0.872. The largest absolute Gasteiger partial charge is 0.389 e. The maximum absolute atomic E-state index is 12.6. The van der Waals surface area contributed by atoms with E-state index in [-0.39, 0.29) is 13.2 Å². The predicted molar refractivity (Wildman–Crippen MR) is 117 cm³/mol. The third-order valence-electron chi connectivity index (χ3n) is 4.49. The van der Waals surface area contributed by atoms with Crippen LogP contribution in [0.15, 0.2) is 83.0 Å². The first-order chi connectivity index (χ1) is 14.7.